The zero-order chi connectivity index (χ0) is 53.0. The predicted octanol–water partition coefficient (Wildman–Crippen LogP) is 15.3. The summed E-state index contributed by atoms with van der Waals surface area (Å²) in [5, 5.41) is 23.1. The average molecular weight is 1030 g/mol. The number of fused-ring (bicyclic) bond motifs is 6. The number of nitriles is 2. The maximum absolute atomic E-state index is 15.1. The molecule has 6 aromatic carbocycles. The molecule has 0 unspecified atom stereocenters. The summed E-state index contributed by atoms with van der Waals surface area (Å²) < 4.78 is 218. The monoisotopic (exact) mass is 1030 g/mol. The largest absolute Gasteiger partial charge is 0.417 e. The summed E-state index contributed by atoms with van der Waals surface area (Å²) in [6.45, 7) is 0. The summed E-state index contributed by atoms with van der Waals surface area (Å²) in [5.41, 5.74) is -9.95. The first-order valence-corrected chi connectivity index (χ1v) is 21.9. The zero-order valence-corrected chi connectivity index (χ0v) is 37.2. The lowest BCUT2D eigenvalue weighted by Crippen LogP contribution is -2.22. The van der Waals surface area contributed by atoms with E-state index in [-0.39, 0.29) is 68.4 Å². The van der Waals surface area contributed by atoms with Gasteiger partial charge in [0, 0.05) is 33.7 Å². The molecular formula is C55H27F15N4. The Bertz CT molecular complexity index is 3990. The molecule has 8 aromatic rings. The summed E-state index contributed by atoms with van der Waals surface area (Å²) in [4.78, 5) is 0. The predicted molar refractivity (Wildman–Crippen MR) is 246 cm³/mol. The van der Waals surface area contributed by atoms with E-state index >= 15 is 13.2 Å². The highest BCUT2D eigenvalue weighted by Gasteiger charge is 2.42. The Hall–Kier alpha value is -8.45. The summed E-state index contributed by atoms with van der Waals surface area (Å²) in [5.74, 6) is 0. The van der Waals surface area contributed by atoms with Crippen molar-refractivity contribution in [1.82, 2.24) is 9.13 Å². The number of para-hydroxylation sites is 1. The molecule has 2 aliphatic carbocycles. The van der Waals surface area contributed by atoms with Crippen molar-refractivity contribution in [2.45, 2.75) is 43.7 Å². The second kappa shape index (κ2) is 17.1. The Morgan fingerprint density at radius 1 is 0.500 bits per heavy atom. The van der Waals surface area contributed by atoms with E-state index in [1.54, 1.807) is 48.6 Å². The van der Waals surface area contributed by atoms with Gasteiger partial charge in [-0.2, -0.15) is 76.4 Å². The minimum Gasteiger partial charge on any atom is -0.308 e. The molecule has 372 valence electrons. The molecule has 0 radical (unpaired) electrons. The van der Waals surface area contributed by atoms with Crippen LogP contribution in [0.5, 0.6) is 0 Å². The molecule has 0 amide bonds. The van der Waals surface area contributed by atoms with Gasteiger partial charge in [0.15, 0.2) is 0 Å². The lowest BCUT2D eigenvalue weighted by Gasteiger charge is -2.21. The molecule has 10 rings (SSSR count). The number of hydrogen-bond donors (Lipinski definition) is 0. The molecule has 2 heterocycles. The van der Waals surface area contributed by atoms with E-state index in [0.29, 0.717) is 45.3 Å². The Balaban J connectivity index is 1.36. The topological polar surface area (TPSA) is 57.4 Å². The maximum atomic E-state index is 15.1. The molecule has 0 bridgehead atoms. The van der Waals surface area contributed by atoms with Gasteiger partial charge in [0.25, 0.3) is 0 Å². The molecule has 0 aliphatic heterocycles. The second-order valence-electron chi connectivity index (χ2n) is 17.4. The normalized spacial score (nSPS) is 15.2. The van der Waals surface area contributed by atoms with Crippen LogP contribution < -0.4 is 10.6 Å². The first-order valence-electron chi connectivity index (χ1n) is 21.9. The first kappa shape index (κ1) is 49.1. The van der Waals surface area contributed by atoms with Crippen molar-refractivity contribution in [3.05, 3.63) is 189 Å². The van der Waals surface area contributed by atoms with Crippen LogP contribution >= 0.6 is 0 Å². The van der Waals surface area contributed by atoms with Gasteiger partial charge >= 0.3 is 30.9 Å². The molecule has 0 saturated heterocycles. The van der Waals surface area contributed by atoms with Crippen LogP contribution in [0.1, 0.15) is 39.8 Å². The quantitative estimate of drug-likeness (QED) is 0.165. The minimum absolute atomic E-state index is 0.0154. The summed E-state index contributed by atoms with van der Waals surface area (Å²) in [6, 6.07) is 24.5. The molecule has 0 saturated carbocycles. The third-order valence-corrected chi connectivity index (χ3v) is 13.0. The van der Waals surface area contributed by atoms with Crippen LogP contribution in [0.25, 0.3) is 78.0 Å². The number of nitrogens with zero attached hydrogens (tertiary/aromatic N) is 4. The minimum atomic E-state index is -5.22. The van der Waals surface area contributed by atoms with Gasteiger partial charge in [-0.3, -0.25) is 0 Å². The Labute approximate surface area is 407 Å². The van der Waals surface area contributed by atoms with E-state index in [1.807, 2.05) is 0 Å². The van der Waals surface area contributed by atoms with Gasteiger partial charge in [0.2, 0.25) is 0 Å². The van der Waals surface area contributed by atoms with E-state index in [4.69, 9.17) is 0 Å². The molecule has 74 heavy (non-hydrogen) atoms. The SMILES string of the molecule is N#Cc1cccc(C(F)(F)F)c1-c1cc(-n2c3c(c4ccc(=C5C=C(C(F)(F)F)C=C(C(F)(F)F)C5)cc42)CC=CC=3)c(C#N)c(-n2c3ccccc3c3ccc(-c4cc(C(F)(F)F)cc(C(F)(F)F)c4)cc32)c1. The fourth-order valence-electron chi connectivity index (χ4n) is 9.77. The highest BCUT2D eigenvalue weighted by atomic mass is 19.4. The van der Waals surface area contributed by atoms with Crippen molar-refractivity contribution in [3.8, 4) is 45.8 Å². The van der Waals surface area contributed by atoms with Gasteiger partial charge in [0.1, 0.15) is 11.6 Å². The van der Waals surface area contributed by atoms with Crippen LogP contribution in [0.2, 0.25) is 0 Å². The molecule has 0 spiro atoms. The second-order valence-corrected chi connectivity index (χ2v) is 17.4. The van der Waals surface area contributed by atoms with Gasteiger partial charge in [-0.25, -0.2) is 0 Å². The Kier molecular flexibility index (Phi) is 11.3. The average Bonchev–Trinajstić information content (AvgIpc) is 3.86. The van der Waals surface area contributed by atoms with Gasteiger partial charge < -0.3 is 9.13 Å². The third-order valence-electron chi connectivity index (χ3n) is 13.0. The summed E-state index contributed by atoms with van der Waals surface area (Å²) in [6.07, 6.45) is -21.2. The van der Waals surface area contributed by atoms with Gasteiger partial charge in [-0.1, -0.05) is 60.7 Å². The van der Waals surface area contributed by atoms with Crippen molar-refractivity contribution in [2.75, 3.05) is 0 Å². The van der Waals surface area contributed by atoms with Crippen LogP contribution in [0, 0.1) is 22.7 Å². The smallest absolute Gasteiger partial charge is 0.308 e. The van der Waals surface area contributed by atoms with Crippen molar-refractivity contribution in [1.29, 1.82) is 10.5 Å². The van der Waals surface area contributed by atoms with Crippen LogP contribution in [-0.2, 0) is 24.9 Å². The Morgan fingerprint density at radius 2 is 1.15 bits per heavy atom. The van der Waals surface area contributed by atoms with Crippen LogP contribution in [0.4, 0.5) is 65.9 Å². The lowest BCUT2D eigenvalue weighted by molar-refractivity contribution is -0.143. The summed E-state index contributed by atoms with van der Waals surface area (Å²) in [7, 11) is 0. The fourth-order valence-corrected chi connectivity index (χ4v) is 9.77. The van der Waals surface area contributed by atoms with E-state index in [1.165, 1.54) is 57.7 Å². The van der Waals surface area contributed by atoms with Crippen molar-refractivity contribution >= 4 is 44.4 Å². The zero-order valence-electron chi connectivity index (χ0n) is 37.2. The number of allylic oxidation sites excluding steroid dienone is 6. The van der Waals surface area contributed by atoms with Crippen LogP contribution in [0.3, 0.4) is 0 Å². The number of hydrogen-bond acceptors (Lipinski definition) is 2. The van der Waals surface area contributed by atoms with Crippen LogP contribution in [0.15, 0.2) is 145 Å². The third kappa shape index (κ3) is 8.45. The van der Waals surface area contributed by atoms with E-state index in [2.05, 4.69) is 6.07 Å². The van der Waals surface area contributed by atoms with Crippen molar-refractivity contribution in [3.63, 3.8) is 0 Å². The van der Waals surface area contributed by atoms with Crippen molar-refractivity contribution < 1.29 is 65.9 Å². The highest BCUT2D eigenvalue weighted by molar-refractivity contribution is 6.10. The summed E-state index contributed by atoms with van der Waals surface area (Å²) >= 11 is 0. The molecule has 4 nitrogen and oxygen atoms in total. The van der Waals surface area contributed by atoms with E-state index < -0.39 is 87.4 Å². The van der Waals surface area contributed by atoms with Gasteiger partial charge in [-0.05, 0) is 118 Å². The fraction of sp³-hybridized carbons (Fsp3) is 0.127. The molecule has 0 fully saturated rings. The molecule has 0 N–H and O–H groups in total. The molecular weight excluding hydrogens is 1000 g/mol. The molecule has 19 heteroatoms. The number of aromatic nitrogens is 2. The van der Waals surface area contributed by atoms with Gasteiger partial charge in [0.05, 0.1) is 67.2 Å². The molecule has 0 atom stereocenters. The number of rotatable bonds is 4. The highest BCUT2D eigenvalue weighted by Crippen LogP contribution is 2.46. The number of alkyl halides is 15. The van der Waals surface area contributed by atoms with Gasteiger partial charge in [-0.15, -0.1) is 0 Å². The standard InChI is InChI=1S/C55H27F15N4/c56-51(57,58)34-16-31(17-35(24-34)52(59,60)61)28-12-14-40-38-7-1-3-10-44(38)73(46(40)20-28)48-22-33(50-30(26-71)6-5-9-43(50)55(68,69)70)23-49(42(48)27-72)74-45-11-4-2-8-39(45)41-15-13-29(21-47(41)74)32-18-36(53(62,63)64)25-37(19-32)54(65,66)67/h1-7,9-18,20-25H,8,19H2. The number of halogens is 15. The maximum Gasteiger partial charge on any atom is 0.417 e. The molecule has 2 aliphatic rings. The van der Waals surface area contributed by atoms with E-state index in [9.17, 15) is 63.2 Å². The van der Waals surface area contributed by atoms with Crippen LogP contribution in [-0.4, -0.2) is 21.5 Å². The number of benzene rings is 6. The van der Waals surface area contributed by atoms with Crippen molar-refractivity contribution in [2.24, 2.45) is 0 Å². The molecule has 2 aromatic heterocycles. The first-order chi connectivity index (χ1) is 34.8. The van der Waals surface area contributed by atoms with E-state index in [0.717, 1.165) is 18.2 Å². The Morgan fingerprint density at radius 3 is 1.78 bits per heavy atom. The lowest BCUT2D eigenvalue weighted by atomic mass is 9.92.